The van der Waals surface area contributed by atoms with Crippen LogP contribution in [0.5, 0.6) is 0 Å². The van der Waals surface area contributed by atoms with E-state index < -0.39 is 0 Å². The monoisotopic (exact) mass is 388 g/mol. The number of nitrogens with zero attached hydrogens (tertiary/aromatic N) is 1. The van der Waals surface area contributed by atoms with Crippen LogP contribution < -0.4 is 10.2 Å². The van der Waals surface area contributed by atoms with Gasteiger partial charge in [-0.05, 0) is 55.2 Å². The molecule has 0 aromatic heterocycles. The molecule has 0 radical (unpaired) electrons. The first-order valence-corrected chi connectivity index (χ1v) is 10.9. The van der Waals surface area contributed by atoms with Crippen LogP contribution in [0.15, 0.2) is 18.2 Å². The molecule has 1 amide bonds. The summed E-state index contributed by atoms with van der Waals surface area (Å²) in [5, 5.41) is 2.83. The molecule has 1 aromatic carbocycles. The molecule has 0 spiro atoms. The molecule has 2 rings (SSSR count). The maximum atomic E-state index is 11.5. The van der Waals surface area contributed by atoms with Gasteiger partial charge in [0, 0.05) is 19.2 Å². The van der Waals surface area contributed by atoms with Crippen LogP contribution >= 0.6 is 12.2 Å². The smallest absolute Gasteiger partial charge is 0.224 e. The maximum absolute atomic E-state index is 11.5. The van der Waals surface area contributed by atoms with Gasteiger partial charge in [0.15, 0.2) is 0 Å². The lowest BCUT2D eigenvalue weighted by molar-refractivity contribution is -0.120. The van der Waals surface area contributed by atoms with E-state index in [-0.39, 0.29) is 11.9 Å². The van der Waals surface area contributed by atoms with E-state index in [1.54, 1.807) is 0 Å². The Morgan fingerprint density at radius 1 is 1.26 bits per heavy atom. The van der Waals surface area contributed by atoms with E-state index in [1.165, 1.54) is 48.9 Å². The van der Waals surface area contributed by atoms with E-state index in [0.29, 0.717) is 17.3 Å². The lowest BCUT2D eigenvalue weighted by atomic mass is 9.86. The molecule has 0 bridgehead atoms. The Kier molecular flexibility index (Phi) is 8.28. The fraction of sp³-hybridized carbons (Fsp3) is 0.652. The zero-order valence-electron chi connectivity index (χ0n) is 17.7. The van der Waals surface area contributed by atoms with Gasteiger partial charge in [0.05, 0.1) is 6.04 Å². The molecule has 1 saturated heterocycles. The second-order valence-electron chi connectivity index (χ2n) is 8.20. The van der Waals surface area contributed by atoms with Crippen molar-refractivity contribution in [1.82, 2.24) is 5.32 Å². The van der Waals surface area contributed by atoms with Crippen LogP contribution in [0.2, 0.25) is 0 Å². The number of hydrogen-bond donors (Lipinski definition) is 1. The molecule has 27 heavy (non-hydrogen) atoms. The minimum atomic E-state index is 0.0421. The van der Waals surface area contributed by atoms with Crippen molar-refractivity contribution in [2.75, 3.05) is 11.9 Å². The molecular formula is C23H36N2OS. The molecule has 1 fully saturated rings. The van der Waals surface area contributed by atoms with Crippen molar-refractivity contribution in [3.63, 3.8) is 0 Å². The lowest BCUT2D eigenvalue weighted by Gasteiger charge is -2.34. The average Bonchev–Trinajstić information content (AvgIpc) is 2.64. The van der Waals surface area contributed by atoms with Crippen LogP contribution in [0.4, 0.5) is 5.69 Å². The molecule has 3 nitrogen and oxygen atoms in total. The summed E-state index contributed by atoms with van der Waals surface area (Å²) >= 11 is 5.42. The van der Waals surface area contributed by atoms with Crippen molar-refractivity contribution in [2.45, 2.75) is 84.6 Å². The van der Waals surface area contributed by atoms with Crippen molar-refractivity contribution in [3.05, 3.63) is 29.3 Å². The number of amides is 1. The normalized spacial score (nSPS) is 19.5. The third-order valence-corrected chi connectivity index (χ3v) is 6.47. The van der Waals surface area contributed by atoms with Gasteiger partial charge in [-0.25, -0.2) is 0 Å². The fourth-order valence-corrected chi connectivity index (χ4v) is 4.45. The summed E-state index contributed by atoms with van der Waals surface area (Å²) in [6.45, 7) is 9.12. The van der Waals surface area contributed by atoms with Crippen LogP contribution in [0.1, 0.15) is 82.8 Å². The zero-order chi connectivity index (χ0) is 20.0. The molecule has 3 unspecified atom stereocenters. The highest BCUT2D eigenvalue weighted by Gasteiger charge is 2.27. The van der Waals surface area contributed by atoms with Gasteiger partial charge >= 0.3 is 0 Å². The van der Waals surface area contributed by atoms with E-state index in [4.69, 9.17) is 12.2 Å². The Labute approximate surface area is 170 Å². The third-order valence-electron chi connectivity index (χ3n) is 6.09. The molecular weight excluding hydrogens is 352 g/mol. The van der Waals surface area contributed by atoms with Gasteiger partial charge in [-0.2, -0.15) is 0 Å². The third kappa shape index (κ3) is 5.78. The van der Waals surface area contributed by atoms with Crippen molar-refractivity contribution >= 4 is 28.8 Å². The highest BCUT2D eigenvalue weighted by Crippen LogP contribution is 2.32. The number of thiocarbonyl (C=S) groups is 1. The van der Waals surface area contributed by atoms with Crippen LogP contribution in [0.3, 0.4) is 0 Å². The average molecular weight is 389 g/mol. The second kappa shape index (κ2) is 10.2. The number of hydrogen-bond acceptors (Lipinski definition) is 3. The Bertz CT molecular complexity index is 658. The number of aryl methyl sites for hydroxylation is 1. The summed E-state index contributed by atoms with van der Waals surface area (Å²) < 4.78 is 0. The topological polar surface area (TPSA) is 32.3 Å². The predicted octanol–water partition coefficient (Wildman–Crippen LogP) is 5.75. The molecule has 1 N–H and O–H groups in total. The van der Waals surface area contributed by atoms with Crippen molar-refractivity contribution in [3.8, 4) is 0 Å². The van der Waals surface area contributed by atoms with Gasteiger partial charge in [-0.1, -0.05) is 64.4 Å². The molecule has 150 valence electrons. The number of benzene rings is 1. The number of nitrogens with one attached hydrogen (secondary N) is 1. The summed E-state index contributed by atoms with van der Waals surface area (Å²) in [6, 6.07) is 7.02. The molecule has 4 heteroatoms. The summed E-state index contributed by atoms with van der Waals surface area (Å²) in [4.78, 5) is 14.4. The molecule has 3 atom stereocenters. The Morgan fingerprint density at radius 2 is 2.00 bits per heavy atom. The highest BCUT2D eigenvalue weighted by atomic mass is 32.1. The first-order chi connectivity index (χ1) is 12.9. The zero-order valence-corrected chi connectivity index (χ0v) is 18.5. The fourth-order valence-electron chi connectivity index (χ4n) is 4.06. The standard InChI is InChI=1S/C23H36N2OS/c1-6-8-18(10-9-16(3)7-2)19-11-12-20(17(4)15-19)25(5)21-13-14-22(26)24-23(21)27/h11-12,15-16,18,21H,6-10,13-14H2,1-5H3,(H,24,26,27). The van der Waals surface area contributed by atoms with Crippen LogP contribution in [-0.2, 0) is 4.79 Å². The Morgan fingerprint density at radius 3 is 2.59 bits per heavy atom. The first-order valence-electron chi connectivity index (χ1n) is 10.5. The molecule has 0 saturated carbocycles. The highest BCUT2D eigenvalue weighted by molar-refractivity contribution is 7.80. The van der Waals surface area contributed by atoms with Gasteiger partial charge in [0.25, 0.3) is 0 Å². The Balaban J connectivity index is 2.14. The van der Waals surface area contributed by atoms with Crippen molar-refractivity contribution < 1.29 is 4.79 Å². The number of carbonyl (C=O) groups excluding carboxylic acids is 1. The van der Waals surface area contributed by atoms with Gasteiger partial charge < -0.3 is 10.2 Å². The van der Waals surface area contributed by atoms with Gasteiger partial charge in [0.1, 0.15) is 4.99 Å². The minimum Gasteiger partial charge on any atom is -0.365 e. The van der Waals surface area contributed by atoms with Crippen LogP contribution in [-0.4, -0.2) is 24.0 Å². The van der Waals surface area contributed by atoms with E-state index in [2.05, 4.69) is 63.2 Å². The van der Waals surface area contributed by atoms with Gasteiger partial charge in [0.2, 0.25) is 5.91 Å². The quantitative estimate of drug-likeness (QED) is 0.547. The summed E-state index contributed by atoms with van der Waals surface area (Å²) in [6.07, 6.45) is 7.65. The van der Waals surface area contributed by atoms with E-state index >= 15 is 0 Å². The van der Waals surface area contributed by atoms with E-state index in [1.807, 2.05) is 0 Å². The van der Waals surface area contributed by atoms with Crippen LogP contribution in [0.25, 0.3) is 0 Å². The summed E-state index contributed by atoms with van der Waals surface area (Å²) in [7, 11) is 2.09. The SMILES string of the molecule is CCCC(CCC(C)CC)c1ccc(N(C)C2CCC(=O)NC2=S)c(C)c1. The number of piperidine rings is 1. The second-order valence-corrected chi connectivity index (χ2v) is 8.64. The van der Waals surface area contributed by atoms with E-state index in [9.17, 15) is 4.79 Å². The summed E-state index contributed by atoms with van der Waals surface area (Å²) in [5.74, 6) is 1.50. The molecule has 1 aliphatic rings. The molecule has 1 aromatic rings. The Hall–Kier alpha value is -1.42. The largest absolute Gasteiger partial charge is 0.365 e. The molecule has 1 heterocycles. The van der Waals surface area contributed by atoms with Crippen LogP contribution in [0, 0.1) is 12.8 Å². The van der Waals surface area contributed by atoms with Crippen molar-refractivity contribution in [1.29, 1.82) is 0 Å². The summed E-state index contributed by atoms with van der Waals surface area (Å²) in [5.41, 5.74) is 3.97. The maximum Gasteiger partial charge on any atom is 0.224 e. The van der Waals surface area contributed by atoms with Gasteiger partial charge in [-0.15, -0.1) is 0 Å². The van der Waals surface area contributed by atoms with E-state index in [0.717, 1.165) is 12.3 Å². The number of anilines is 1. The minimum absolute atomic E-state index is 0.0421. The lowest BCUT2D eigenvalue weighted by Crippen LogP contribution is -2.50. The first kappa shape index (κ1) is 21.9. The predicted molar refractivity (Wildman–Crippen MR) is 120 cm³/mol. The number of likely N-dealkylation sites (N-methyl/N-ethyl adjacent to an activating group) is 1. The number of carbonyl (C=O) groups is 1. The number of rotatable bonds is 9. The van der Waals surface area contributed by atoms with Crippen molar-refractivity contribution in [2.24, 2.45) is 5.92 Å². The molecule has 1 aliphatic heterocycles. The molecule has 0 aliphatic carbocycles. The van der Waals surface area contributed by atoms with Gasteiger partial charge in [-0.3, -0.25) is 4.79 Å².